The number of hydrogen-bond acceptors (Lipinski definition) is 4. The summed E-state index contributed by atoms with van der Waals surface area (Å²) >= 11 is 0. The first-order chi connectivity index (χ1) is 12.3. The van der Waals surface area contributed by atoms with Crippen molar-refractivity contribution in [2.24, 2.45) is 0 Å². The predicted octanol–water partition coefficient (Wildman–Crippen LogP) is 3.21. The Morgan fingerprint density at radius 3 is 2.92 bits per heavy atom. The number of nitrogens with one attached hydrogen (secondary N) is 1. The summed E-state index contributed by atoms with van der Waals surface area (Å²) in [5, 5.41) is 9.25. The van der Waals surface area contributed by atoms with Gasteiger partial charge in [0, 0.05) is 18.0 Å². The molecule has 0 amide bonds. The van der Waals surface area contributed by atoms with Crippen molar-refractivity contribution in [3.05, 3.63) is 24.4 Å². The van der Waals surface area contributed by atoms with Gasteiger partial charge in [-0.3, -0.25) is 4.68 Å². The Kier molecular flexibility index (Phi) is 5.22. The molecule has 1 N–H and O–H groups in total. The molecule has 25 heavy (non-hydrogen) atoms. The van der Waals surface area contributed by atoms with Gasteiger partial charge in [-0.25, -0.2) is 0 Å². The first-order valence-electron chi connectivity index (χ1n) is 9.86. The SMILES string of the molecule is C[C@@H]1CCCN1CCCOc1ccc2c(cnn2C2CCNCC2)c1. The second-order valence-corrected chi connectivity index (χ2v) is 7.52. The summed E-state index contributed by atoms with van der Waals surface area (Å²) in [7, 11) is 0. The fourth-order valence-electron chi connectivity index (χ4n) is 4.25. The minimum absolute atomic E-state index is 0.521. The third-order valence-electron chi connectivity index (χ3n) is 5.77. The maximum Gasteiger partial charge on any atom is 0.120 e. The van der Waals surface area contributed by atoms with Gasteiger partial charge in [0.25, 0.3) is 0 Å². The average molecular weight is 342 g/mol. The highest BCUT2D eigenvalue weighted by Gasteiger charge is 2.19. The van der Waals surface area contributed by atoms with Gasteiger partial charge >= 0.3 is 0 Å². The zero-order chi connectivity index (χ0) is 17.1. The summed E-state index contributed by atoms with van der Waals surface area (Å²) in [4.78, 5) is 2.58. The van der Waals surface area contributed by atoms with Gasteiger partial charge in [-0.15, -0.1) is 0 Å². The largest absolute Gasteiger partial charge is 0.494 e. The van der Waals surface area contributed by atoms with Gasteiger partial charge in [0.15, 0.2) is 0 Å². The number of aromatic nitrogens is 2. The van der Waals surface area contributed by atoms with Crippen molar-refractivity contribution in [1.82, 2.24) is 20.0 Å². The summed E-state index contributed by atoms with van der Waals surface area (Å²) < 4.78 is 8.19. The van der Waals surface area contributed by atoms with Gasteiger partial charge < -0.3 is 15.0 Å². The summed E-state index contributed by atoms with van der Waals surface area (Å²) in [5.74, 6) is 0.965. The Balaban J connectivity index is 1.33. The fraction of sp³-hybridized carbons (Fsp3) is 0.650. The Morgan fingerprint density at radius 1 is 1.24 bits per heavy atom. The predicted molar refractivity (Wildman–Crippen MR) is 101 cm³/mol. The van der Waals surface area contributed by atoms with Crippen molar-refractivity contribution in [1.29, 1.82) is 0 Å². The molecule has 5 nitrogen and oxygen atoms in total. The van der Waals surface area contributed by atoms with E-state index in [1.165, 1.54) is 30.3 Å². The van der Waals surface area contributed by atoms with Crippen molar-refractivity contribution in [3.63, 3.8) is 0 Å². The molecule has 0 saturated carbocycles. The Labute approximate surface area is 150 Å². The fourth-order valence-corrected chi connectivity index (χ4v) is 4.25. The first kappa shape index (κ1) is 16.9. The molecule has 2 aliphatic heterocycles. The molecule has 0 unspecified atom stereocenters. The van der Waals surface area contributed by atoms with Crippen LogP contribution in [0, 0.1) is 0 Å². The zero-order valence-corrected chi connectivity index (χ0v) is 15.3. The van der Waals surface area contributed by atoms with Gasteiger partial charge in [0.05, 0.1) is 24.4 Å². The van der Waals surface area contributed by atoms with Crippen LogP contribution in [0.25, 0.3) is 10.9 Å². The van der Waals surface area contributed by atoms with Crippen molar-refractivity contribution < 1.29 is 4.74 Å². The monoisotopic (exact) mass is 342 g/mol. The van der Waals surface area contributed by atoms with Crippen molar-refractivity contribution in [2.75, 3.05) is 32.8 Å². The molecule has 1 aromatic carbocycles. The first-order valence-corrected chi connectivity index (χ1v) is 9.86. The smallest absolute Gasteiger partial charge is 0.120 e. The Morgan fingerprint density at radius 2 is 2.12 bits per heavy atom. The highest BCUT2D eigenvalue weighted by atomic mass is 16.5. The third-order valence-corrected chi connectivity index (χ3v) is 5.77. The van der Waals surface area contributed by atoms with E-state index >= 15 is 0 Å². The number of rotatable bonds is 6. The van der Waals surface area contributed by atoms with Crippen molar-refractivity contribution >= 4 is 10.9 Å². The van der Waals surface area contributed by atoms with Gasteiger partial charge in [-0.05, 0) is 76.9 Å². The summed E-state index contributed by atoms with van der Waals surface area (Å²) in [5.41, 5.74) is 1.23. The topological polar surface area (TPSA) is 42.3 Å². The van der Waals surface area contributed by atoms with Crippen LogP contribution >= 0.6 is 0 Å². The summed E-state index contributed by atoms with van der Waals surface area (Å²) in [6.45, 7) is 7.70. The highest BCUT2D eigenvalue weighted by Crippen LogP contribution is 2.26. The molecule has 1 aromatic heterocycles. The molecule has 0 bridgehead atoms. The normalized spacial score (nSPS) is 22.7. The van der Waals surface area contributed by atoms with Crippen LogP contribution < -0.4 is 10.1 Å². The molecule has 0 spiro atoms. The maximum absolute atomic E-state index is 5.99. The zero-order valence-electron chi connectivity index (χ0n) is 15.3. The number of piperidine rings is 1. The van der Waals surface area contributed by atoms with Crippen LogP contribution in [0.15, 0.2) is 24.4 Å². The molecule has 4 rings (SSSR count). The van der Waals surface area contributed by atoms with E-state index in [2.05, 4.69) is 45.1 Å². The maximum atomic E-state index is 5.99. The lowest BCUT2D eigenvalue weighted by atomic mass is 10.1. The van der Waals surface area contributed by atoms with E-state index in [0.29, 0.717) is 6.04 Å². The quantitative estimate of drug-likeness (QED) is 0.819. The van der Waals surface area contributed by atoms with Crippen LogP contribution in [0.3, 0.4) is 0 Å². The van der Waals surface area contributed by atoms with Crippen LogP contribution in [0.1, 0.15) is 45.1 Å². The number of ether oxygens (including phenoxy) is 1. The molecule has 2 aromatic rings. The van der Waals surface area contributed by atoms with Crippen molar-refractivity contribution in [3.8, 4) is 5.75 Å². The molecule has 0 radical (unpaired) electrons. The number of fused-ring (bicyclic) bond motifs is 1. The highest BCUT2D eigenvalue weighted by molar-refractivity contribution is 5.80. The second-order valence-electron chi connectivity index (χ2n) is 7.52. The molecule has 136 valence electrons. The van der Waals surface area contributed by atoms with Crippen LogP contribution in [0.2, 0.25) is 0 Å². The Hall–Kier alpha value is -1.59. The Bertz CT molecular complexity index is 692. The number of hydrogen-bond donors (Lipinski definition) is 1. The molecule has 2 fully saturated rings. The van der Waals surface area contributed by atoms with Gasteiger partial charge in [0.1, 0.15) is 5.75 Å². The van der Waals surface area contributed by atoms with E-state index < -0.39 is 0 Å². The van der Waals surface area contributed by atoms with E-state index in [9.17, 15) is 0 Å². The molecular formula is C20H30N4O. The number of benzene rings is 1. The van der Waals surface area contributed by atoms with Crippen LogP contribution in [0.5, 0.6) is 5.75 Å². The van der Waals surface area contributed by atoms with Crippen LogP contribution in [-0.4, -0.2) is 53.5 Å². The average Bonchev–Trinajstić information content (AvgIpc) is 3.25. The molecule has 2 aliphatic rings. The number of likely N-dealkylation sites (tertiary alicyclic amines) is 1. The van der Waals surface area contributed by atoms with Crippen LogP contribution in [-0.2, 0) is 0 Å². The molecule has 0 aliphatic carbocycles. The van der Waals surface area contributed by atoms with Gasteiger partial charge in [-0.1, -0.05) is 0 Å². The third kappa shape index (κ3) is 3.82. The standard InChI is InChI=1S/C20H30N4O/c1-16-4-2-11-23(16)12-3-13-25-19-5-6-20-17(14-19)15-22-24(20)18-7-9-21-10-8-18/h5-6,14-16,18,21H,2-4,7-13H2,1H3/t16-/m1/s1. The molecule has 5 heteroatoms. The molecular weight excluding hydrogens is 312 g/mol. The van der Waals surface area contributed by atoms with Gasteiger partial charge in [-0.2, -0.15) is 5.10 Å². The van der Waals surface area contributed by atoms with Crippen LogP contribution in [0.4, 0.5) is 0 Å². The minimum atomic E-state index is 0.521. The summed E-state index contributed by atoms with van der Waals surface area (Å²) in [6.07, 6.45) is 8.08. The lowest BCUT2D eigenvalue weighted by Crippen LogP contribution is -2.29. The lowest BCUT2D eigenvalue weighted by molar-refractivity contribution is 0.230. The lowest BCUT2D eigenvalue weighted by Gasteiger charge is -2.23. The molecule has 3 heterocycles. The van der Waals surface area contributed by atoms with Crippen molar-refractivity contribution in [2.45, 2.75) is 51.1 Å². The van der Waals surface area contributed by atoms with E-state index in [4.69, 9.17) is 4.74 Å². The van der Waals surface area contributed by atoms with E-state index in [0.717, 1.165) is 57.3 Å². The van der Waals surface area contributed by atoms with E-state index in [1.807, 2.05) is 6.20 Å². The second kappa shape index (κ2) is 7.75. The van der Waals surface area contributed by atoms with E-state index in [1.54, 1.807) is 0 Å². The van der Waals surface area contributed by atoms with Gasteiger partial charge in [0.2, 0.25) is 0 Å². The summed E-state index contributed by atoms with van der Waals surface area (Å²) in [6, 6.07) is 7.67. The molecule has 2 saturated heterocycles. The number of nitrogens with zero attached hydrogens (tertiary/aromatic N) is 3. The molecule has 1 atom stereocenters. The minimum Gasteiger partial charge on any atom is -0.494 e. The van der Waals surface area contributed by atoms with E-state index in [-0.39, 0.29) is 0 Å².